The molecule has 0 fully saturated rings. The van der Waals surface area contributed by atoms with Crippen molar-refractivity contribution in [1.29, 1.82) is 0 Å². The molecule has 1 N–H and O–H groups in total. The third kappa shape index (κ3) is 28.3. The molecule has 8 heteroatoms. The number of hydrogen-bond acceptors (Lipinski definition) is 8. The van der Waals surface area contributed by atoms with Crippen molar-refractivity contribution in [1.82, 2.24) is 0 Å². The molecule has 1 aromatic heterocycles. The lowest BCUT2D eigenvalue weighted by Gasteiger charge is -2.16. The molecule has 0 aliphatic rings. The first kappa shape index (κ1) is 64.3. The third-order valence-electron chi connectivity index (χ3n) is 15.0. The summed E-state index contributed by atoms with van der Waals surface area (Å²) in [5, 5.41) is 11.4. The van der Waals surface area contributed by atoms with Gasteiger partial charge in [0.25, 0.3) is 0 Å². The number of aromatic hydroxyl groups is 1. The van der Waals surface area contributed by atoms with E-state index in [4.69, 9.17) is 13.9 Å². The number of ether oxygens (including phenoxy) is 2. The van der Waals surface area contributed by atoms with Crippen molar-refractivity contribution in [2.45, 2.75) is 310 Å². The van der Waals surface area contributed by atoms with Gasteiger partial charge in [-0.15, -0.1) is 0 Å². The zero-order valence-electron chi connectivity index (χ0n) is 47.6. The molecular formula is C66H106O8. The minimum atomic E-state index is -0.732. The second-order valence-corrected chi connectivity index (χ2v) is 21.8. The molecule has 418 valence electrons. The number of unbranched alkanes of at least 4 members (excludes halogenated alkanes) is 39. The summed E-state index contributed by atoms with van der Waals surface area (Å²) in [6.45, 7) is 6.77. The van der Waals surface area contributed by atoms with Gasteiger partial charge in [-0.1, -0.05) is 302 Å². The average molecular weight is 1030 g/mol. The molecule has 8 nitrogen and oxygen atoms in total. The number of phenols is 1. The van der Waals surface area contributed by atoms with Crippen LogP contribution in [0.5, 0.6) is 17.2 Å². The zero-order chi connectivity index (χ0) is 53.1. The Hall–Kier alpha value is -3.94. The van der Waals surface area contributed by atoms with Crippen molar-refractivity contribution < 1.29 is 33.4 Å². The highest BCUT2D eigenvalue weighted by molar-refractivity contribution is 6.08. The fourth-order valence-corrected chi connectivity index (χ4v) is 10.4. The molecule has 0 radical (unpaired) electrons. The number of carbonyl (C=O) groups excluding carboxylic acids is 3. The van der Waals surface area contributed by atoms with E-state index in [9.17, 15) is 24.3 Å². The Morgan fingerprint density at radius 2 is 0.730 bits per heavy atom. The number of carbonyl (C=O) groups is 3. The Morgan fingerprint density at radius 3 is 1.08 bits per heavy atom. The SMILES string of the molecule is CCCCCCCCCCCCCCCCC(=O)Oc1c(-c2ccccc2)oc2cc(O)c(C(=O)CCCCCCCCCCCCCCCC)c(OC(=O)CCCCCCCCCCCCCCCC)c2c1=O. The summed E-state index contributed by atoms with van der Waals surface area (Å²) in [5.41, 5.74) is -0.504. The van der Waals surface area contributed by atoms with E-state index in [0.29, 0.717) is 24.8 Å². The molecular weight excluding hydrogens is 921 g/mol. The summed E-state index contributed by atoms with van der Waals surface area (Å²) in [6.07, 6.45) is 50.3. The number of rotatable bonds is 49. The number of phenolic OH excluding ortho intramolecular Hbond substituents is 1. The maximum atomic E-state index is 14.8. The zero-order valence-corrected chi connectivity index (χ0v) is 47.6. The molecule has 0 saturated heterocycles. The standard InChI is InChI=1S/C66H106O8/c1-4-7-10-13-16-19-22-25-28-31-34-37-40-46-51-56(67)61-57(68)54-58-62(65(61)73-59(69)52-47-41-38-35-32-29-26-23-20-17-14-11-8-5-2)63(71)66(64(72-58)55-49-44-43-45-50-55)74-60(70)53-48-42-39-36-33-30-27-24-21-18-15-12-9-6-3/h43-45,49-50,54,68H,4-42,46-48,51-53H2,1-3H3. The van der Waals surface area contributed by atoms with Gasteiger partial charge in [0.15, 0.2) is 17.3 Å². The van der Waals surface area contributed by atoms with Crippen LogP contribution in [-0.2, 0) is 9.59 Å². The summed E-state index contributed by atoms with van der Waals surface area (Å²) in [4.78, 5) is 56.2. The number of ketones is 1. The normalized spacial score (nSPS) is 11.4. The predicted octanol–water partition coefficient (Wildman–Crippen LogP) is 20.8. The molecule has 1 heterocycles. The molecule has 0 unspecified atom stereocenters. The molecule has 74 heavy (non-hydrogen) atoms. The Morgan fingerprint density at radius 1 is 0.419 bits per heavy atom. The average Bonchev–Trinajstić information content (AvgIpc) is 3.39. The first-order chi connectivity index (χ1) is 36.3. The Balaban J connectivity index is 1.68. The molecule has 0 aliphatic carbocycles. The minimum absolute atomic E-state index is 0.0259. The van der Waals surface area contributed by atoms with Crippen LogP contribution < -0.4 is 14.9 Å². The quantitative estimate of drug-likeness (QED) is 0.0257. The number of benzene rings is 2. The van der Waals surface area contributed by atoms with Crippen molar-refractivity contribution in [3.05, 3.63) is 52.2 Å². The van der Waals surface area contributed by atoms with E-state index in [1.54, 1.807) is 24.3 Å². The monoisotopic (exact) mass is 1030 g/mol. The van der Waals surface area contributed by atoms with Gasteiger partial charge in [0.05, 0.1) is 0 Å². The highest BCUT2D eigenvalue weighted by Gasteiger charge is 2.30. The number of fused-ring (bicyclic) bond motifs is 1. The molecule has 0 aliphatic heterocycles. The van der Waals surface area contributed by atoms with Crippen molar-refractivity contribution >= 4 is 28.7 Å². The van der Waals surface area contributed by atoms with Gasteiger partial charge in [0, 0.05) is 30.9 Å². The van der Waals surface area contributed by atoms with Gasteiger partial charge >= 0.3 is 11.9 Å². The Labute approximate surface area is 450 Å². The summed E-state index contributed by atoms with van der Waals surface area (Å²) in [7, 11) is 0. The molecule has 0 spiro atoms. The number of Topliss-reactive ketones (excluding diaryl/α,β-unsaturated/α-hetero) is 1. The van der Waals surface area contributed by atoms with Crippen LogP contribution in [0.1, 0.15) is 320 Å². The van der Waals surface area contributed by atoms with Crippen molar-refractivity contribution in [3.63, 3.8) is 0 Å². The van der Waals surface area contributed by atoms with Crippen LogP contribution in [0.3, 0.4) is 0 Å². The van der Waals surface area contributed by atoms with Crippen LogP contribution >= 0.6 is 0 Å². The van der Waals surface area contributed by atoms with Crippen LogP contribution in [0.25, 0.3) is 22.3 Å². The summed E-state index contributed by atoms with van der Waals surface area (Å²) in [5.74, 6) is -2.59. The Kier molecular flexibility index (Phi) is 37.6. The molecule has 0 saturated carbocycles. The first-order valence-electron chi connectivity index (χ1n) is 31.2. The van der Waals surface area contributed by atoms with E-state index < -0.39 is 28.9 Å². The lowest BCUT2D eigenvalue weighted by atomic mass is 9.98. The minimum Gasteiger partial charge on any atom is -0.507 e. The maximum Gasteiger partial charge on any atom is 0.311 e. The lowest BCUT2D eigenvalue weighted by molar-refractivity contribution is -0.135. The highest BCUT2D eigenvalue weighted by Crippen LogP contribution is 2.41. The van der Waals surface area contributed by atoms with Gasteiger partial charge in [-0.05, 0) is 19.3 Å². The van der Waals surface area contributed by atoms with Crippen molar-refractivity contribution in [2.75, 3.05) is 0 Å². The van der Waals surface area contributed by atoms with E-state index >= 15 is 0 Å². The van der Waals surface area contributed by atoms with Gasteiger partial charge in [-0.25, -0.2) is 0 Å². The highest BCUT2D eigenvalue weighted by atomic mass is 16.5. The molecule has 2 aromatic carbocycles. The lowest BCUT2D eigenvalue weighted by Crippen LogP contribution is -2.19. The van der Waals surface area contributed by atoms with Crippen molar-refractivity contribution in [2.24, 2.45) is 0 Å². The molecule has 3 rings (SSSR count). The van der Waals surface area contributed by atoms with E-state index in [2.05, 4.69) is 20.8 Å². The predicted molar refractivity (Wildman–Crippen MR) is 310 cm³/mol. The molecule has 0 atom stereocenters. The van der Waals surface area contributed by atoms with Gasteiger partial charge in [-0.2, -0.15) is 0 Å². The number of esters is 2. The Bertz CT molecular complexity index is 1970. The van der Waals surface area contributed by atoms with E-state index in [1.807, 2.05) is 6.07 Å². The van der Waals surface area contributed by atoms with E-state index in [0.717, 1.165) is 57.8 Å². The first-order valence-corrected chi connectivity index (χ1v) is 31.2. The second kappa shape index (κ2) is 43.2. The maximum absolute atomic E-state index is 14.8. The van der Waals surface area contributed by atoms with E-state index in [1.165, 1.54) is 199 Å². The summed E-state index contributed by atoms with van der Waals surface area (Å²) < 4.78 is 18.3. The molecule has 0 amide bonds. The van der Waals surface area contributed by atoms with Gasteiger partial charge in [0.1, 0.15) is 22.3 Å². The van der Waals surface area contributed by atoms with Gasteiger partial charge < -0.3 is 19.0 Å². The van der Waals surface area contributed by atoms with Gasteiger partial charge in [0.2, 0.25) is 11.2 Å². The van der Waals surface area contributed by atoms with Crippen LogP contribution in [0.2, 0.25) is 0 Å². The van der Waals surface area contributed by atoms with Gasteiger partial charge in [-0.3, -0.25) is 19.2 Å². The number of hydrogen-bond donors (Lipinski definition) is 1. The molecule has 3 aromatic rings. The van der Waals surface area contributed by atoms with Crippen LogP contribution in [0, 0.1) is 0 Å². The summed E-state index contributed by atoms with van der Waals surface area (Å²) >= 11 is 0. The fourth-order valence-electron chi connectivity index (χ4n) is 10.4. The van der Waals surface area contributed by atoms with E-state index in [-0.39, 0.29) is 53.1 Å². The van der Waals surface area contributed by atoms with Crippen LogP contribution in [0.15, 0.2) is 45.6 Å². The fraction of sp³-hybridized carbons (Fsp3) is 0.727. The van der Waals surface area contributed by atoms with Crippen LogP contribution in [-0.4, -0.2) is 22.8 Å². The smallest absolute Gasteiger partial charge is 0.311 e. The third-order valence-corrected chi connectivity index (χ3v) is 15.0. The second-order valence-electron chi connectivity index (χ2n) is 21.8. The summed E-state index contributed by atoms with van der Waals surface area (Å²) in [6, 6.07) is 10.2. The topological polar surface area (TPSA) is 120 Å². The van der Waals surface area contributed by atoms with Crippen molar-refractivity contribution in [3.8, 4) is 28.6 Å². The molecule has 0 bridgehead atoms. The van der Waals surface area contributed by atoms with Crippen LogP contribution in [0.4, 0.5) is 0 Å². The largest absolute Gasteiger partial charge is 0.507 e.